The van der Waals surface area contributed by atoms with E-state index in [1.54, 1.807) is 18.2 Å². The molecule has 0 spiro atoms. The van der Waals surface area contributed by atoms with Crippen LogP contribution >= 0.6 is 0 Å². The molecule has 1 amide bonds. The molecule has 0 saturated carbocycles. The second-order valence-electron chi connectivity index (χ2n) is 7.42. The predicted octanol–water partition coefficient (Wildman–Crippen LogP) is 3.46. The third kappa shape index (κ3) is 4.00. The highest BCUT2D eigenvalue weighted by Gasteiger charge is 2.28. The fraction of sp³-hybridized carbons (Fsp3) is 0.381. The van der Waals surface area contributed by atoms with Crippen LogP contribution in [0.4, 0.5) is 15.8 Å². The van der Waals surface area contributed by atoms with Gasteiger partial charge in [-0.05, 0) is 56.0 Å². The number of sulfonamides is 1. The highest BCUT2D eigenvalue weighted by atomic mass is 32.2. The summed E-state index contributed by atoms with van der Waals surface area (Å²) < 4.78 is 41.5. The van der Waals surface area contributed by atoms with E-state index in [1.807, 2.05) is 4.90 Å². The first-order valence-corrected chi connectivity index (χ1v) is 11.4. The van der Waals surface area contributed by atoms with Gasteiger partial charge < -0.3 is 10.2 Å². The maximum atomic E-state index is 14.5. The minimum Gasteiger partial charge on any atom is -0.370 e. The summed E-state index contributed by atoms with van der Waals surface area (Å²) in [6.07, 6.45) is 3.73. The molecule has 154 valence electrons. The van der Waals surface area contributed by atoms with Gasteiger partial charge >= 0.3 is 0 Å². The van der Waals surface area contributed by atoms with Crippen molar-refractivity contribution in [2.45, 2.75) is 30.6 Å². The zero-order valence-corrected chi connectivity index (χ0v) is 16.9. The van der Waals surface area contributed by atoms with E-state index < -0.39 is 21.7 Å². The van der Waals surface area contributed by atoms with Crippen molar-refractivity contribution in [1.82, 2.24) is 4.31 Å². The highest BCUT2D eigenvalue weighted by Crippen LogP contribution is 2.32. The molecule has 2 heterocycles. The van der Waals surface area contributed by atoms with Crippen molar-refractivity contribution in [3.05, 3.63) is 53.8 Å². The molecule has 2 fully saturated rings. The molecule has 1 N–H and O–H groups in total. The number of carbonyl (C=O) groups is 1. The lowest BCUT2D eigenvalue weighted by Crippen LogP contribution is -2.28. The second kappa shape index (κ2) is 8.12. The number of carbonyl (C=O) groups excluding carboxylic acids is 1. The standard InChI is InChI=1S/C21H24FN3O3S/c22-18-9-6-10-19(24-11-1-2-12-24)20(18)23-21(26)16-7-5-8-17(15-16)29(27,28)25-13-3-4-14-25/h5-10,15H,1-4,11-14H2,(H,23,26). The van der Waals surface area contributed by atoms with Crippen molar-refractivity contribution in [3.63, 3.8) is 0 Å². The molecule has 0 atom stereocenters. The molecule has 2 aliphatic heterocycles. The minimum atomic E-state index is -3.63. The normalized spacial score (nSPS) is 17.6. The van der Waals surface area contributed by atoms with E-state index >= 15 is 0 Å². The van der Waals surface area contributed by atoms with Crippen molar-refractivity contribution >= 4 is 27.3 Å². The Morgan fingerprint density at radius 3 is 2.31 bits per heavy atom. The molecule has 0 radical (unpaired) electrons. The van der Waals surface area contributed by atoms with Crippen LogP contribution in [-0.2, 0) is 10.0 Å². The summed E-state index contributed by atoms with van der Waals surface area (Å²) >= 11 is 0. The average Bonchev–Trinajstić information content (AvgIpc) is 3.44. The van der Waals surface area contributed by atoms with Gasteiger partial charge in [-0.2, -0.15) is 4.31 Å². The third-order valence-electron chi connectivity index (χ3n) is 5.48. The van der Waals surface area contributed by atoms with Crippen LogP contribution in [0.15, 0.2) is 47.4 Å². The Balaban J connectivity index is 1.60. The smallest absolute Gasteiger partial charge is 0.255 e. The maximum Gasteiger partial charge on any atom is 0.255 e. The zero-order valence-electron chi connectivity index (χ0n) is 16.1. The molecule has 4 rings (SSSR count). The Labute approximate surface area is 170 Å². The number of amides is 1. The average molecular weight is 418 g/mol. The first-order chi connectivity index (χ1) is 14.0. The first-order valence-electron chi connectivity index (χ1n) is 9.92. The third-order valence-corrected chi connectivity index (χ3v) is 7.37. The van der Waals surface area contributed by atoms with Gasteiger partial charge in [-0.25, -0.2) is 12.8 Å². The molecule has 6 nitrogen and oxygen atoms in total. The summed E-state index contributed by atoms with van der Waals surface area (Å²) in [6.45, 7) is 2.62. The molecule has 2 saturated heterocycles. The summed E-state index contributed by atoms with van der Waals surface area (Å²) in [6, 6.07) is 10.7. The number of rotatable bonds is 5. The number of para-hydroxylation sites is 1. The Hall–Kier alpha value is -2.45. The quantitative estimate of drug-likeness (QED) is 0.809. The lowest BCUT2D eigenvalue weighted by atomic mass is 10.2. The highest BCUT2D eigenvalue weighted by molar-refractivity contribution is 7.89. The van der Waals surface area contributed by atoms with Gasteiger partial charge in [0.1, 0.15) is 11.5 Å². The number of nitrogens with zero attached hydrogens (tertiary/aromatic N) is 2. The molecule has 0 bridgehead atoms. The summed E-state index contributed by atoms with van der Waals surface area (Å²) in [7, 11) is -3.63. The van der Waals surface area contributed by atoms with E-state index in [4.69, 9.17) is 0 Å². The first kappa shape index (κ1) is 19.8. The number of halogens is 1. The van der Waals surface area contributed by atoms with Gasteiger partial charge in [0.15, 0.2) is 0 Å². The van der Waals surface area contributed by atoms with E-state index in [1.165, 1.54) is 28.6 Å². The van der Waals surface area contributed by atoms with Gasteiger partial charge in [-0.1, -0.05) is 12.1 Å². The molecule has 2 aliphatic rings. The molecule has 8 heteroatoms. The number of hydrogen-bond acceptors (Lipinski definition) is 4. The van der Waals surface area contributed by atoms with Gasteiger partial charge in [-0.3, -0.25) is 4.79 Å². The van der Waals surface area contributed by atoms with Crippen LogP contribution < -0.4 is 10.2 Å². The fourth-order valence-corrected chi connectivity index (χ4v) is 5.48. The molecule has 2 aromatic rings. The molecule has 29 heavy (non-hydrogen) atoms. The Kier molecular flexibility index (Phi) is 5.56. The van der Waals surface area contributed by atoms with Crippen molar-refractivity contribution in [2.24, 2.45) is 0 Å². The van der Waals surface area contributed by atoms with Gasteiger partial charge in [0.05, 0.1) is 10.6 Å². The van der Waals surface area contributed by atoms with Crippen LogP contribution in [0.5, 0.6) is 0 Å². The van der Waals surface area contributed by atoms with Crippen LogP contribution in [0.1, 0.15) is 36.0 Å². The van der Waals surface area contributed by atoms with Crippen LogP contribution in [0.2, 0.25) is 0 Å². The van der Waals surface area contributed by atoms with Gasteiger partial charge in [0.25, 0.3) is 5.91 Å². The van der Waals surface area contributed by atoms with E-state index in [2.05, 4.69) is 5.32 Å². The SMILES string of the molecule is O=C(Nc1c(F)cccc1N1CCCC1)c1cccc(S(=O)(=O)N2CCCC2)c1. The summed E-state index contributed by atoms with van der Waals surface area (Å²) in [5.41, 5.74) is 0.963. The molecular formula is C21H24FN3O3S. The number of hydrogen-bond donors (Lipinski definition) is 1. The minimum absolute atomic E-state index is 0.0837. The zero-order chi connectivity index (χ0) is 20.4. The molecular weight excluding hydrogens is 393 g/mol. The molecule has 2 aromatic carbocycles. The van der Waals surface area contributed by atoms with Crippen molar-refractivity contribution in [2.75, 3.05) is 36.4 Å². The van der Waals surface area contributed by atoms with Gasteiger partial charge in [0.2, 0.25) is 10.0 Å². The van der Waals surface area contributed by atoms with Crippen molar-refractivity contribution in [1.29, 1.82) is 0 Å². The number of benzene rings is 2. The molecule has 0 aliphatic carbocycles. The Bertz CT molecular complexity index is 1010. The monoisotopic (exact) mass is 417 g/mol. The van der Waals surface area contributed by atoms with Gasteiger partial charge in [0, 0.05) is 31.7 Å². The predicted molar refractivity (Wildman–Crippen MR) is 110 cm³/mol. The van der Waals surface area contributed by atoms with Crippen LogP contribution in [0, 0.1) is 5.82 Å². The van der Waals surface area contributed by atoms with Crippen LogP contribution in [0.25, 0.3) is 0 Å². The van der Waals surface area contributed by atoms with E-state index in [0.717, 1.165) is 38.8 Å². The lowest BCUT2D eigenvalue weighted by Gasteiger charge is -2.22. The van der Waals surface area contributed by atoms with Crippen LogP contribution in [-0.4, -0.2) is 44.8 Å². The Morgan fingerprint density at radius 2 is 1.59 bits per heavy atom. The summed E-state index contributed by atoms with van der Waals surface area (Å²) in [5, 5.41) is 2.66. The maximum absolute atomic E-state index is 14.5. The second-order valence-corrected chi connectivity index (χ2v) is 9.36. The van der Waals surface area contributed by atoms with Crippen LogP contribution in [0.3, 0.4) is 0 Å². The van der Waals surface area contributed by atoms with E-state index in [-0.39, 0.29) is 16.1 Å². The van der Waals surface area contributed by atoms with Crippen molar-refractivity contribution in [3.8, 4) is 0 Å². The molecule has 0 aromatic heterocycles. The van der Waals surface area contributed by atoms with Gasteiger partial charge in [-0.15, -0.1) is 0 Å². The molecule has 0 unspecified atom stereocenters. The van der Waals surface area contributed by atoms with E-state index in [0.29, 0.717) is 18.8 Å². The largest absolute Gasteiger partial charge is 0.370 e. The number of anilines is 2. The van der Waals surface area contributed by atoms with Crippen molar-refractivity contribution < 1.29 is 17.6 Å². The fourth-order valence-electron chi connectivity index (χ4n) is 3.92. The topological polar surface area (TPSA) is 69.7 Å². The lowest BCUT2D eigenvalue weighted by molar-refractivity contribution is 0.102. The Morgan fingerprint density at radius 1 is 0.931 bits per heavy atom. The summed E-state index contributed by atoms with van der Waals surface area (Å²) in [4.78, 5) is 15.0. The van der Waals surface area contributed by atoms with E-state index in [9.17, 15) is 17.6 Å². The summed E-state index contributed by atoms with van der Waals surface area (Å²) in [5.74, 6) is -1.04. The number of nitrogens with one attached hydrogen (secondary N) is 1.